The van der Waals surface area contributed by atoms with Gasteiger partial charge < -0.3 is 5.32 Å². The van der Waals surface area contributed by atoms with Gasteiger partial charge in [0.2, 0.25) is 5.95 Å². The van der Waals surface area contributed by atoms with Crippen molar-refractivity contribution in [2.24, 2.45) is 0 Å². The maximum absolute atomic E-state index is 4.13. The second-order valence-electron chi connectivity index (χ2n) is 1.98. The van der Waals surface area contributed by atoms with Crippen LogP contribution in [0.25, 0.3) is 10.3 Å². The molecular weight excluding hydrogens is 160 g/mol. The molecule has 2 rings (SSSR count). The molecule has 0 aromatic carbocycles. The molecular formula is C6H6N4S. The Morgan fingerprint density at radius 3 is 3.18 bits per heavy atom. The minimum absolute atomic E-state index is 0.614. The van der Waals surface area contributed by atoms with Gasteiger partial charge in [-0.15, -0.1) is 11.3 Å². The second-order valence-corrected chi connectivity index (χ2v) is 2.87. The van der Waals surface area contributed by atoms with Gasteiger partial charge in [-0.1, -0.05) is 0 Å². The Hall–Kier alpha value is -1.23. The van der Waals surface area contributed by atoms with Crippen LogP contribution >= 0.6 is 11.3 Å². The molecule has 0 aliphatic carbocycles. The third-order valence-corrected chi connectivity index (χ3v) is 2.07. The van der Waals surface area contributed by atoms with E-state index in [1.54, 1.807) is 30.1 Å². The van der Waals surface area contributed by atoms with Crippen molar-refractivity contribution >= 4 is 27.6 Å². The maximum atomic E-state index is 4.13. The van der Waals surface area contributed by atoms with Crippen molar-refractivity contribution in [2.75, 3.05) is 12.4 Å². The molecule has 0 saturated heterocycles. The van der Waals surface area contributed by atoms with Crippen molar-refractivity contribution < 1.29 is 0 Å². The van der Waals surface area contributed by atoms with Gasteiger partial charge in [-0.2, -0.15) is 4.98 Å². The zero-order chi connectivity index (χ0) is 7.68. The van der Waals surface area contributed by atoms with Gasteiger partial charge in [-0.3, -0.25) is 0 Å². The predicted molar refractivity (Wildman–Crippen MR) is 44.8 cm³/mol. The van der Waals surface area contributed by atoms with E-state index in [9.17, 15) is 0 Å². The van der Waals surface area contributed by atoms with Crippen LogP contribution in [0.15, 0.2) is 11.7 Å². The van der Waals surface area contributed by atoms with Gasteiger partial charge in [0, 0.05) is 7.05 Å². The predicted octanol–water partition coefficient (Wildman–Crippen LogP) is 1.13. The summed E-state index contributed by atoms with van der Waals surface area (Å²) in [4.78, 5) is 12.2. The van der Waals surface area contributed by atoms with Crippen LogP contribution in [0.4, 0.5) is 5.95 Å². The standard InChI is InChI=1S/C6H6N4S/c1-7-6-8-2-4-5(10-6)9-3-11-4/h2-3H,1H3,(H,7,8,10). The van der Waals surface area contributed by atoms with Gasteiger partial charge in [0.25, 0.3) is 0 Å². The molecule has 0 amide bonds. The molecule has 5 heteroatoms. The minimum Gasteiger partial charge on any atom is -0.357 e. The lowest BCUT2D eigenvalue weighted by molar-refractivity contribution is 1.18. The Balaban J connectivity index is 2.67. The van der Waals surface area contributed by atoms with Gasteiger partial charge in [-0.25, -0.2) is 9.97 Å². The number of hydrogen-bond acceptors (Lipinski definition) is 5. The Bertz CT molecular complexity index is 369. The van der Waals surface area contributed by atoms with Crippen molar-refractivity contribution in [1.29, 1.82) is 0 Å². The molecule has 56 valence electrons. The van der Waals surface area contributed by atoms with Crippen LogP contribution in [-0.2, 0) is 0 Å². The smallest absolute Gasteiger partial charge is 0.224 e. The molecule has 0 bridgehead atoms. The molecule has 2 aromatic heterocycles. The van der Waals surface area contributed by atoms with Crippen LogP contribution in [0.1, 0.15) is 0 Å². The zero-order valence-electron chi connectivity index (χ0n) is 5.90. The summed E-state index contributed by atoms with van der Waals surface area (Å²) >= 11 is 1.54. The molecule has 0 unspecified atom stereocenters. The Morgan fingerprint density at radius 2 is 2.36 bits per heavy atom. The first-order valence-corrected chi connectivity index (χ1v) is 4.02. The van der Waals surface area contributed by atoms with Crippen molar-refractivity contribution in [3.05, 3.63) is 11.7 Å². The summed E-state index contributed by atoms with van der Waals surface area (Å²) in [6, 6.07) is 0. The highest BCUT2D eigenvalue weighted by Gasteiger charge is 1.98. The van der Waals surface area contributed by atoms with Crippen LogP contribution in [0.2, 0.25) is 0 Å². The van der Waals surface area contributed by atoms with Crippen LogP contribution in [-0.4, -0.2) is 22.0 Å². The van der Waals surface area contributed by atoms with Gasteiger partial charge >= 0.3 is 0 Å². The van der Waals surface area contributed by atoms with E-state index in [-0.39, 0.29) is 0 Å². The van der Waals surface area contributed by atoms with E-state index in [2.05, 4.69) is 20.3 Å². The topological polar surface area (TPSA) is 50.7 Å². The Morgan fingerprint density at radius 1 is 1.45 bits per heavy atom. The second kappa shape index (κ2) is 2.43. The molecule has 0 fully saturated rings. The van der Waals surface area contributed by atoms with E-state index < -0.39 is 0 Å². The highest BCUT2D eigenvalue weighted by molar-refractivity contribution is 7.16. The van der Waals surface area contributed by atoms with E-state index >= 15 is 0 Å². The maximum Gasteiger partial charge on any atom is 0.224 e. The van der Waals surface area contributed by atoms with E-state index in [0.717, 1.165) is 10.3 Å². The Labute approximate surface area is 67.3 Å². The number of anilines is 1. The summed E-state index contributed by atoms with van der Waals surface area (Å²) in [7, 11) is 1.79. The van der Waals surface area contributed by atoms with E-state index in [4.69, 9.17) is 0 Å². The lowest BCUT2D eigenvalue weighted by Crippen LogP contribution is -1.94. The number of rotatable bonds is 1. The van der Waals surface area contributed by atoms with Crippen LogP contribution in [0, 0.1) is 0 Å². The summed E-state index contributed by atoms with van der Waals surface area (Å²) in [6.07, 6.45) is 1.77. The monoisotopic (exact) mass is 166 g/mol. The molecule has 0 aliphatic heterocycles. The lowest BCUT2D eigenvalue weighted by atomic mass is 10.6. The fraction of sp³-hybridized carbons (Fsp3) is 0.167. The van der Waals surface area contributed by atoms with E-state index in [0.29, 0.717) is 5.95 Å². The largest absolute Gasteiger partial charge is 0.357 e. The third kappa shape index (κ3) is 1.03. The molecule has 2 heterocycles. The molecule has 2 aromatic rings. The normalized spacial score (nSPS) is 10.3. The van der Waals surface area contributed by atoms with Gasteiger partial charge in [0.05, 0.1) is 16.4 Å². The Kier molecular flexibility index (Phi) is 1.43. The van der Waals surface area contributed by atoms with Crippen LogP contribution < -0.4 is 5.32 Å². The van der Waals surface area contributed by atoms with Crippen molar-refractivity contribution in [1.82, 2.24) is 15.0 Å². The number of hydrogen-bond donors (Lipinski definition) is 1. The number of fused-ring (bicyclic) bond motifs is 1. The summed E-state index contributed by atoms with van der Waals surface area (Å²) in [6.45, 7) is 0. The molecule has 0 saturated carbocycles. The average molecular weight is 166 g/mol. The minimum atomic E-state index is 0.614. The molecule has 4 nitrogen and oxygen atoms in total. The molecule has 11 heavy (non-hydrogen) atoms. The quantitative estimate of drug-likeness (QED) is 0.690. The van der Waals surface area contributed by atoms with Crippen molar-refractivity contribution in [2.45, 2.75) is 0 Å². The molecule has 0 aliphatic rings. The first-order valence-electron chi connectivity index (χ1n) is 3.14. The average Bonchev–Trinajstić information content (AvgIpc) is 2.50. The number of nitrogens with one attached hydrogen (secondary N) is 1. The highest BCUT2D eigenvalue weighted by Crippen LogP contribution is 2.14. The highest BCUT2D eigenvalue weighted by atomic mass is 32.1. The summed E-state index contributed by atoms with van der Waals surface area (Å²) in [5, 5.41) is 2.85. The van der Waals surface area contributed by atoms with Crippen LogP contribution in [0.3, 0.4) is 0 Å². The number of thiazole rings is 1. The molecule has 1 N–H and O–H groups in total. The fourth-order valence-electron chi connectivity index (χ4n) is 0.791. The van der Waals surface area contributed by atoms with Gasteiger partial charge in [0.15, 0.2) is 5.65 Å². The lowest BCUT2D eigenvalue weighted by Gasteiger charge is -1.94. The SMILES string of the molecule is CNc1ncc2scnc2n1. The van der Waals surface area contributed by atoms with Crippen molar-refractivity contribution in [3.63, 3.8) is 0 Å². The third-order valence-electron chi connectivity index (χ3n) is 1.31. The summed E-state index contributed by atoms with van der Waals surface area (Å²) in [5.41, 5.74) is 2.52. The van der Waals surface area contributed by atoms with E-state index in [1.165, 1.54) is 0 Å². The number of nitrogens with zero attached hydrogens (tertiary/aromatic N) is 3. The molecule has 0 spiro atoms. The molecule has 0 radical (unpaired) electrons. The van der Waals surface area contributed by atoms with Crippen LogP contribution in [0.5, 0.6) is 0 Å². The zero-order valence-corrected chi connectivity index (χ0v) is 6.72. The van der Waals surface area contributed by atoms with E-state index in [1.807, 2.05) is 0 Å². The summed E-state index contributed by atoms with van der Waals surface area (Å²) in [5.74, 6) is 0.614. The summed E-state index contributed by atoms with van der Waals surface area (Å²) < 4.78 is 1.02. The van der Waals surface area contributed by atoms with Crippen molar-refractivity contribution in [3.8, 4) is 0 Å². The first-order chi connectivity index (χ1) is 5.40. The fourth-order valence-corrected chi connectivity index (χ4v) is 1.37. The first kappa shape index (κ1) is 6.48. The molecule has 0 atom stereocenters. The van der Waals surface area contributed by atoms with Gasteiger partial charge in [-0.05, 0) is 0 Å². The number of aromatic nitrogens is 3. The van der Waals surface area contributed by atoms with Gasteiger partial charge in [0.1, 0.15) is 0 Å².